The Kier molecular flexibility index (Phi) is 4.19. The highest BCUT2D eigenvalue weighted by atomic mass is 16.2. The van der Waals surface area contributed by atoms with Gasteiger partial charge in [0.2, 0.25) is 0 Å². The molecule has 0 bridgehead atoms. The van der Waals surface area contributed by atoms with Crippen LogP contribution in [0.4, 0.5) is 5.69 Å². The molecule has 0 saturated heterocycles. The van der Waals surface area contributed by atoms with E-state index in [2.05, 4.69) is 27.3 Å². The number of aromatic nitrogens is 4. The summed E-state index contributed by atoms with van der Waals surface area (Å²) in [4.78, 5) is 19.6. The third kappa shape index (κ3) is 2.89. The zero-order valence-electron chi connectivity index (χ0n) is 16.0. The maximum atomic E-state index is 13.1. The first-order chi connectivity index (χ1) is 13.7. The van der Waals surface area contributed by atoms with E-state index in [9.17, 15) is 4.79 Å². The van der Waals surface area contributed by atoms with Crippen LogP contribution in [-0.2, 0) is 26.4 Å². The van der Waals surface area contributed by atoms with Crippen LogP contribution in [0.3, 0.4) is 0 Å². The predicted molar refractivity (Wildman–Crippen MR) is 106 cm³/mol. The second kappa shape index (κ2) is 6.86. The molecular weight excluding hydrogens is 350 g/mol. The monoisotopic (exact) mass is 373 g/mol. The largest absolute Gasteiger partial charge is 0.321 e. The number of benzene rings is 1. The van der Waals surface area contributed by atoms with E-state index in [1.165, 1.54) is 24.8 Å². The number of hydrogen-bond acceptors (Lipinski definition) is 4. The lowest BCUT2D eigenvalue weighted by Gasteiger charge is -2.26. The van der Waals surface area contributed by atoms with Gasteiger partial charge in [-0.2, -0.15) is 0 Å². The number of anilines is 1. The predicted octanol–water partition coefficient (Wildman–Crippen LogP) is 3.42. The van der Waals surface area contributed by atoms with Crippen molar-refractivity contribution in [1.82, 2.24) is 19.7 Å². The summed E-state index contributed by atoms with van der Waals surface area (Å²) < 4.78 is 1.94. The molecule has 2 aliphatic rings. The fraction of sp³-hybridized carbons (Fsp3) is 0.364. The van der Waals surface area contributed by atoms with E-state index < -0.39 is 0 Å². The van der Waals surface area contributed by atoms with E-state index in [-0.39, 0.29) is 5.91 Å². The summed E-state index contributed by atoms with van der Waals surface area (Å²) in [5, 5.41) is 8.09. The molecule has 1 fully saturated rings. The fourth-order valence-electron chi connectivity index (χ4n) is 4.16. The molecule has 1 amide bonds. The lowest BCUT2D eigenvalue weighted by Crippen LogP contribution is -2.23. The fourth-order valence-corrected chi connectivity index (χ4v) is 4.16. The van der Waals surface area contributed by atoms with Crippen molar-refractivity contribution in [2.45, 2.75) is 44.6 Å². The molecule has 6 heteroatoms. The van der Waals surface area contributed by atoms with Crippen LogP contribution in [0.5, 0.6) is 0 Å². The first-order valence-corrected chi connectivity index (χ1v) is 9.92. The van der Waals surface area contributed by atoms with Gasteiger partial charge in [0.15, 0.2) is 0 Å². The smallest absolute Gasteiger partial charge is 0.259 e. The van der Waals surface area contributed by atoms with Gasteiger partial charge in [0.1, 0.15) is 12.2 Å². The molecule has 0 N–H and O–H groups in total. The Hall–Kier alpha value is -3.02. The topological polar surface area (TPSA) is 63.9 Å². The number of aryl methyl sites for hydroxylation is 3. The SMILES string of the molecule is Cn1cnnc1CCc1cccc(N2Cc3c(ccnc3C3CCC3)C2=O)c1. The van der Waals surface area contributed by atoms with Crippen molar-refractivity contribution in [2.24, 2.45) is 7.05 Å². The minimum atomic E-state index is 0.0865. The van der Waals surface area contributed by atoms with Gasteiger partial charge in [-0.05, 0) is 43.0 Å². The number of fused-ring (bicyclic) bond motifs is 1. The lowest BCUT2D eigenvalue weighted by atomic mass is 9.80. The molecule has 1 aromatic carbocycles. The average molecular weight is 373 g/mol. The van der Waals surface area contributed by atoms with E-state index in [4.69, 9.17) is 0 Å². The molecule has 28 heavy (non-hydrogen) atoms. The molecule has 142 valence electrons. The number of rotatable bonds is 5. The first kappa shape index (κ1) is 17.1. The maximum absolute atomic E-state index is 13.1. The van der Waals surface area contributed by atoms with E-state index in [0.29, 0.717) is 12.5 Å². The van der Waals surface area contributed by atoms with Gasteiger partial charge in [-0.25, -0.2) is 0 Å². The van der Waals surface area contributed by atoms with Crippen molar-refractivity contribution in [3.05, 3.63) is 71.1 Å². The van der Waals surface area contributed by atoms with Crippen LogP contribution < -0.4 is 4.90 Å². The highest BCUT2D eigenvalue weighted by Crippen LogP contribution is 2.40. The standard InChI is InChI=1S/C22H23N5O/c1-26-14-24-25-20(26)9-8-15-4-2-7-17(12-15)27-13-19-18(22(27)28)10-11-23-21(19)16-5-3-6-16/h2,4,7,10-12,14,16H,3,5-6,8-9,13H2,1H3. The van der Waals surface area contributed by atoms with Gasteiger partial charge in [0.25, 0.3) is 5.91 Å². The van der Waals surface area contributed by atoms with Crippen LogP contribution >= 0.6 is 0 Å². The van der Waals surface area contributed by atoms with Gasteiger partial charge in [0, 0.05) is 48.1 Å². The van der Waals surface area contributed by atoms with Crippen LogP contribution in [0.2, 0.25) is 0 Å². The molecule has 2 aromatic heterocycles. The van der Waals surface area contributed by atoms with E-state index in [1.54, 1.807) is 12.5 Å². The Morgan fingerprint density at radius 1 is 1.18 bits per heavy atom. The molecule has 1 saturated carbocycles. The number of hydrogen-bond donors (Lipinski definition) is 0. The Bertz CT molecular complexity index is 1040. The molecule has 3 aromatic rings. The van der Waals surface area contributed by atoms with E-state index >= 15 is 0 Å². The summed E-state index contributed by atoms with van der Waals surface area (Å²) in [6.45, 7) is 0.626. The minimum Gasteiger partial charge on any atom is -0.321 e. The summed E-state index contributed by atoms with van der Waals surface area (Å²) in [6, 6.07) is 10.2. The summed E-state index contributed by atoms with van der Waals surface area (Å²) in [5.41, 5.74) is 5.24. The van der Waals surface area contributed by atoms with Crippen molar-refractivity contribution in [3.8, 4) is 0 Å². The zero-order chi connectivity index (χ0) is 19.1. The van der Waals surface area contributed by atoms with Crippen LogP contribution in [0.1, 0.15) is 58.2 Å². The summed E-state index contributed by atoms with van der Waals surface area (Å²) in [6.07, 6.45) is 8.85. The average Bonchev–Trinajstić information content (AvgIpc) is 3.23. The van der Waals surface area contributed by atoms with Gasteiger partial charge in [-0.1, -0.05) is 18.6 Å². The van der Waals surface area contributed by atoms with Crippen molar-refractivity contribution in [1.29, 1.82) is 0 Å². The molecule has 1 aliphatic carbocycles. The molecular formula is C22H23N5O. The second-order valence-corrected chi connectivity index (χ2v) is 7.77. The zero-order valence-corrected chi connectivity index (χ0v) is 16.0. The molecule has 1 aliphatic heterocycles. The first-order valence-electron chi connectivity index (χ1n) is 9.92. The van der Waals surface area contributed by atoms with Crippen molar-refractivity contribution < 1.29 is 4.79 Å². The number of carbonyl (C=O) groups is 1. The number of nitrogens with zero attached hydrogens (tertiary/aromatic N) is 5. The van der Waals surface area contributed by atoms with Crippen molar-refractivity contribution in [3.63, 3.8) is 0 Å². The van der Waals surface area contributed by atoms with Gasteiger partial charge in [-0.3, -0.25) is 9.78 Å². The summed E-state index contributed by atoms with van der Waals surface area (Å²) >= 11 is 0. The Balaban J connectivity index is 1.38. The third-order valence-electron chi connectivity index (χ3n) is 6.04. The van der Waals surface area contributed by atoms with E-state index in [0.717, 1.165) is 41.2 Å². The second-order valence-electron chi connectivity index (χ2n) is 7.77. The number of pyridine rings is 1. The Labute approximate surface area is 164 Å². The minimum absolute atomic E-state index is 0.0865. The highest BCUT2D eigenvalue weighted by molar-refractivity contribution is 6.10. The molecule has 0 spiro atoms. The molecule has 0 radical (unpaired) electrons. The lowest BCUT2D eigenvalue weighted by molar-refractivity contribution is 0.0996. The van der Waals surface area contributed by atoms with Gasteiger partial charge in [-0.15, -0.1) is 10.2 Å². The number of carbonyl (C=O) groups excluding carboxylic acids is 1. The van der Waals surface area contributed by atoms with Gasteiger partial charge in [0.05, 0.1) is 6.54 Å². The maximum Gasteiger partial charge on any atom is 0.259 e. The molecule has 6 nitrogen and oxygen atoms in total. The summed E-state index contributed by atoms with van der Waals surface area (Å²) in [5.74, 6) is 1.58. The molecule has 3 heterocycles. The van der Waals surface area contributed by atoms with Crippen molar-refractivity contribution >= 4 is 11.6 Å². The third-order valence-corrected chi connectivity index (χ3v) is 6.04. The molecule has 0 atom stereocenters. The van der Waals surface area contributed by atoms with Gasteiger partial charge >= 0.3 is 0 Å². The number of amides is 1. The van der Waals surface area contributed by atoms with Crippen molar-refractivity contribution in [2.75, 3.05) is 4.90 Å². The van der Waals surface area contributed by atoms with E-state index in [1.807, 2.05) is 34.7 Å². The molecule has 0 unspecified atom stereocenters. The Morgan fingerprint density at radius 2 is 2.07 bits per heavy atom. The van der Waals surface area contributed by atoms with Gasteiger partial charge < -0.3 is 9.47 Å². The van der Waals surface area contributed by atoms with Crippen LogP contribution in [0, 0.1) is 0 Å². The molecule has 5 rings (SSSR count). The normalized spacial score (nSPS) is 16.3. The van der Waals surface area contributed by atoms with Crippen LogP contribution in [0.25, 0.3) is 0 Å². The quantitative estimate of drug-likeness (QED) is 0.687. The summed E-state index contributed by atoms with van der Waals surface area (Å²) in [7, 11) is 1.96. The Morgan fingerprint density at radius 3 is 2.82 bits per heavy atom. The van der Waals surface area contributed by atoms with Crippen LogP contribution in [0.15, 0.2) is 42.9 Å². The van der Waals surface area contributed by atoms with Crippen LogP contribution in [-0.4, -0.2) is 25.7 Å². The highest BCUT2D eigenvalue weighted by Gasteiger charge is 2.34.